The first-order valence-electron chi connectivity index (χ1n) is 4.32. The average molecular weight is 197 g/mol. The van der Waals surface area contributed by atoms with Crippen molar-refractivity contribution in [2.75, 3.05) is 6.61 Å². The van der Waals surface area contributed by atoms with Crippen LogP contribution in [0.2, 0.25) is 0 Å². The van der Waals surface area contributed by atoms with E-state index in [0.29, 0.717) is 19.0 Å². The van der Waals surface area contributed by atoms with E-state index in [1.165, 1.54) is 6.20 Å². The van der Waals surface area contributed by atoms with Crippen LogP contribution in [0.15, 0.2) is 6.20 Å². The zero-order chi connectivity index (χ0) is 10.3. The highest BCUT2D eigenvalue weighted by Gasteiger charge is 2.40. The second-order valence-corrected chi connectivity index (χ2v) is 3.77. The van der Waals surface area contributed by atoms with Crippen LogP contribution < -0.4 is 0 Å². The zero-order valence-corrected chi connectivity index (χ0v) is 8.06. The first kappa shape index (κ1) is 9.14. The van der Waals surface area contributed by atoms with E-state index in [1.54, 1.807) is 11.5 Å². The summed E-state index contributed by atoms with van der Waals surface area (Å²) in [4.78, 5) is 13.8. The van der Waals surface area contributed by atoms with Gasteiger partial charge in [-0.3, -0.25) is 0 Å². The summed E-state index contributed by atoms with van der Waals surface area (Å²) in [5.41, 5.74) is -0.153. The van der Waals surface area contributed by atoms with E-state index in [9.17, 15) is 10.1 Å². The van der Waals surface area contributed by atoms with Gasteiger partial charge in [-0.25, -0.2) is 0 Å². The molecule has 76 valence electrons. The third-order valence-electron chi connectivity index (χ3n) is 2.29. The molecule has 1 unspecified atom stereocenters. The number of rotatable bonds is 3. The number of imidazole rings is 1. The van der Waals surface area contributed by atoms with Crippen molar-refractivity contribution in [2.24, 2.45) is 0 Å². The number of epoxide rings is 1. The smallest absolute Gasteiger partial charge is 0.368 e. The molecule has 0 spiro atoms. The molecule has 1 saturated heterocycles. The molecule has 2 heterocycles. The third kappa shape index (κ3) is 1.60. The van der Waals surface area contributed by atoms with Crippen molar-refractivity contribution >= 4 is 5.82 Å². The average Bonchev–Trinajstić information content (AvgIpc) is 2.69. The lowest BCUT2D eigenvalue weighted by Crippen LogP contribution is -2.15. The fourth-order valence-corrected chi connectivity index (χ4v) is 1.31. The van der Waals surface area contributed by atoms with Gasteiger partial charge in [-0.05, 0) is 16.8 Å². The van der Waals surface area contributed by atoms with E-state index in [-0.39, 0.29) is 11.4 Å². The van der Waals surface area contributed by atoms with Gasteiger partial charge in [-0.2, -0.15) is 0 Å². The van der Waals surface area contributed by atoms with E-state index >= 15 is 0 Å². The predicted molar refractivity (Wildman–Crippen MR) is 48.0 cm³/mol. The van der Waals surface area contributed by atoms with E-state index in [4.69, 9.17) is 4.74 Å². The van der Waals surface area contributed by atoms with Gasteiger partial charge in [-0.1, -0.05) is 0 Å². The van der Waals surface area contributed by atoms with Gasteiger partial charge in [0.1, 0.15) is 11.8 Å². The highest BCUT2D eigenvalue weighted by atomic mass is 16.6. The van der Waals surface area contributed by atoms with Crippen LogP contribution in [0.1, 0.15) is 12.7 Å². The lowest BCUT2D eigenvalue weighted by atomic mass is 10.2. The molecule has 1 aromatic heterocycles. The molecule has 1 aliphatic heterocycles. The Balaban J connectivity index is 2.21. The van der Waals surface area contributed by atoms with Crippen molar-refractivity contribution in [2.45, 2.75) is 26.0 Å². The Bertz CT molecular complexity index is 381. The molecule has 0 radical (unpaired) electrons. The second kappa shape index (κ2) is 2.78. The standard InChI is InChI=1S/C8H11N3O3/c1-6-9-7(11(12)13)3-10(6)4-8(2)5-14-8/h3H,4-5H2,1-2H3. The van der Waals surface area contributed by atoms with Crippen LogP contribution in [0.3, 0.4) is 0 Å². The van der Waals surface area contributed by atoms with Crippen molar-refractivity contribution < 1.29 is 9.66 Å². The highest BCUT2D eigenvalue weighted by Crippen LogP contribution is 2.28. The number of hydrogen-bond acceptors (Lipinski definition) is 4. The molecule has 1 aromatic rings. The van der Waals surface area contributed by atoms with E-state index in [1.807, 2.05) is 6.92 Å². The normalized spacial score (nSPS) is 25.0. The summed E-state index contributed by atoms with van der Waals surface area (Å²) in [6, 6.07) is 0. The zero-order valence-electron chi connectivity index (χ0n) is 8.06. The third-order valence-corrected chi connectivity index (χ3v) is 2.29. The Labute approximate surface area is 80.7 Å². The Morgan fingerprint density at radius 1 is 1.86 bits per heavy atom. The molecule has 6 heteroatoms. The molecular formula is C8H11N3O3. The van der Waals surface area contributed by atoms with Gasteiger partial charge >= 0.3 is 5.82 Å². The van der Waals surface area contributed by atoms with Crippen molar-refractivity contribution in [1.82, 2.24) is 9.55 Å². The van der Waals surface area contributed by atoms with Gasteiger partial charge < -0.3 is 19.4 Å². The summed E-state index contributed by atoms with van der Waals surface area (Å²) in [5, 5.41) is 10.4. The van der Waals surface area contributed by atoms with Gasteiger partial charge in [0.2, 0.25) is 5.82 Å². The molecule has 0 amide bonds. The highest BCUT2D eigenvalue weighted by molar-refractivity contribution is 5.17. The molecule has 0 aliphatic carbocycles. The first-order chi connectivity index (χ1) is 6.50. The van der Waals surface area contributed by atoms with Gasteiger partial charge in [-0.15, -0.1) is 0 Å². The van der Waals surface area contributed by atoms with Crippen LogP contribution in [-0.2, 0) is 11.3 Å². The van der Waals surface area contributed by atoms with Crippen molar-refractivity contribution in [3.8, 4) is 0 Å². The fraction of sp³-hybridized carbons (Fsp3) is 0.625. The van der Waals surface area contributed by atoms with Gasteiger partial charge in [0.15, 0.2) is 0 Å². The SMILES string of the molecule is Cc1nc([N+](=O)[O-])cn1CC1(C)CO1. The van der Waals surface area contributed by atoms with Gasteiger partial charge in [0.05, 0.1) is 13.2 Å². The maximum Gasteiger partial charge on any atom is 0.381 e. The maximum absolute atomic E-state index is 10.4. The molecule has 0 aromatic carbocycles. The number of nitro groups is 1. The molecular weight excluding hydrogens is 186 g/mol. The molecule has 0 saturated carbocycles. The van der Waals surface area contributed by atoms with Crippen LogP contribution in [0.25, 0.3) is 0 Å². The van der Waals surface area contributed by atoms with E-state index in [0.717, 1.165) is 0 Å². The summed E-state index contributed by atoms with van der Waals surface area (Å²) in [5.74, 6) is 0.542. The van der Waals surface area contributed by atoms with Gasteiger partial charge in [0.25, 0.3) is 0 Å². The van der Waals surface area contributed by atoms with Crippen LogP contribution in [0.4, 0.5) is 5.82 Å². The number of aryl methyl sites for hydroxylation is 1. The Hall–Kier alpha value is -1.43. The predicted octanol–water partition coefficient (Wildman–Crippen LogP) is 0.889. The molecule has 14 heavy (non-hydrogen) atoms. The molecule has 1 aliphatic rings. The van der Waals surface area contributed by atoms with Crippen molar-refractivity contribution in [3.05, 3.63) is 22.1 Å². The number of hydrogen-bond donors (Lipinski definition) is 0. The van der Waals surface area contributed by atoms with Crippen LogP contribution in [-0.4, -0.2) is 26.7 Å². The van der Waals surface area contributed by atoms with Crippen LogP contribution in [0.5, 0.6) is 0 Å². The molecule has 1 fully saturated rings. The van der Waals surface area contributed by atoms with Crippen LogP contribution >= 0.6 is 0 Å². The number of aromatic nitrogens is 2. The molecule has 0 bridgehead atoms. The van der Waals surface area contributed by atoms with E-state index in [2.05, 4.69) is 4.98 Å². The Morgan fingerprint density at radius 3 is 2.93 bits per heavy atom. The Kier molecular flexibility index (Phi) is 1.81. The first-order valence-corrected chi connectivity index (χ1v) is 4.32. The fourth-order valence-electron chi connectivity index (χ4n) is 1.31. The second-order valence-electron chi connectivity index (χ2n) is 3.77. The summed E-state index contributed by atoms with van der Waals surface area (Å²) < 4.78 is 6.96. The van der Waals surface area contributed by atoms with E-state index < -0.39 is 4.92 Å². The quantitative estimate of drug-likeness (QED) is 0.409. The summed E-state index contributed by atoms with van der Waals surface area (Å²) in [6.07, 6.45) is 1.45. The molecule has 0 N–H and O–H groups in total. The monoisotopic (exact) mass is 197 g/mol. The molecule has 1 atom stereocenters. The molecule has 6 nitrogen and oxygen atoms in total. The summed E-state index contributed by atoms with van der Waals surface area (Å²) >= 11 is 0. The minimum absolute atomic E-state index is 0.105. The Morgan fingerprint density at radius 2 is 2.50 bits per heavy atom. The number of ether oxygens (including phenoxy) is 1. The minimum atomic E-state index is -0.487. The topological polar surface area (TPSA) is 73.5 Å². The summed E-state index contributed by atoms with van der Waals surface area (Å²) in [6.45, 7) is 5.05. The van der Waals surface area contributed by atoms with Crippen molar-refractivity contribution in [3.63, 3.8) is 0 Å². The van der Waals surface area contributed by atoms with Crippen LogP contribution in [0, 0.1) is 17.0 Å². The minimum Gasteiger partial charge on any atom is -0.368 e. The lowest BCUT2D eigenvalue weighted by molar-refractivity contribution is -0.389. The van der Waals surface area contributed by atoms with Gasteiger partial charge in [0, 0.05) is 6.92 Å². The number of nitrogens with zero attached hydrogens (tertiary/aromatic N) is 3. The maximum atomic E-state index is 10.4. The van der Waals surface area contributed by atoms with Crippen molar-refractivity contribution in [1.29, 1.82) is 0 Å². The molecule has 2 rings (SSSR count). The lowest BCUT2D eigenvalue weighted by Gasteiger charge is -2.04. The largest absolute Gasteiger partial charge is 0.381 e. The summed E-state index contributed by atoms with van der Waals surface area (Å²) in [7, 11) is 0.